The van der Waals surface area contributed by atoms with Gasteiger partial charge in [0.15, 0.2) is 17.3 Å². The Bertz CT molecular complexity index is 1050. The summed E-state index contributed by atoms with van der Waals surface area (Å²) < 4.78 is 17.0. The van der Waals surface area contributed by atoms with Gasteiger partial charge in [0.25, 0.3) is 0 Å². The average molecular weight is 393 g/mol. The summed E-state index contributed by atoms with van der Waals surface area (Å²) >= 11 is 0. The molecular weight excluding hydrogens is 366 g/mol. The number of nitrogens with zero attached hydrogens (tertiary/aromatic N) is 1. The quantitative estimate of drug-likeness (QED) is 0.486. The number of ether oxygens (including phenoxy) is 3. The molecule has 0 aliphatic carbocycles. The molecule has 0 spiro atoms. The predicted octanol–water partition coefficient (Wildman–Crippen LogP) is 5.93. The van der Waals surface area contributed by atoms with Gasteiger partial charge >= 0.3 is 0 Å². The molecule has 2 aromatic carbocycles. The number of rotatable bonds is 6. The van der Waals surface area contributed by atoms with Crippen molar-refractivity contribution in [2.24, 2.45) is 0 Å². The number of benzene rings is 2. The van der Waals surface area contributed by atoms with E-state index in [1.165, 1.54) is 0 Å². The highest BCUT2D eigenvalue weighted by Gasteiger charge is 2.20. The van der Waals surface area contributed by atoms with E-state index in [1.54, 1.807) is 26.5 Å². The summed E-state index contributed by atoms with van der Waals surface area (Å²) in [6.45, 7) is 8.23. The minimum atomic E-state index is -0.0609. The number of hydrogen-bond acceptors (Lipinski definition) is 5. The SMILES string of the molecule is CCC(=O)c1cc(C(C)(C)C)ccc1Oc1ccnc2cc(OC)c(OC)cc12. The Labute approximate surface area is 171 Å². The van der Waals surface area contributed by atoms with Gasteiger partial charge in [-0.05, 0) is 35.2 Å². The number of carbonyl (C=O) groups excluding carboxylic acids is 1. The van der Waals surface area contributed by atoms with Gasteiger partial charge < -0.3 is 14.2 Å². The molecule has 5 nitrogen and oxygen atoms in total. The van der Waals surface area contributed by atoms with Crippen molar-refractivity contribution in [1.82, 2.24) is 4.98 Å². The van der Waals surface area contributed by atoms with E-state index in [-0.39, 0.29) is 11.2 Å². The Kier molecular flexibility index (Phi) is 5.78. The maximum absolute atomic E-state index is 12.6. The van der Waals surface area contributed by atoms with E-state index >= 15 is 0 Å². The van der Waals surface area contributed by atoms with Crippen molar-refractivity contribution < 1.29 is 19.0 Å². The number of carbonyl (C=O) groups is 1. The third kappa shape index (κ3) is 4.19. The van der Waals surface area contributed by atoms with Gasteiger partial charge in [-0.3, -0.25) is 9.78 Å². The van der Waals surface area contributed by atoms with Crippen LogP contribution in [0.2, 0.25) is 0 Å². The molecule has 0 fully saturated rings. The topological polar surface area (TPSA) is 57.7 Å². The summed E-state index contributed by atoms with van der Waals surface area (Å²) in [6, 6.07) is 11.2. The Hall–Kier alpha value is -3.08. The van der Waals surface area contributed by atoms with E-state index in [4.69, 9.17) is 14.2 Å². The maximum atomic E-state index is 12.6. The Morgan fingerprint density at radius 2 is 1.62 bits per heavy atom. The molecule has 5 heteroatoms. The van der Waals surface area contributed by atoms with Crippen molar-refractivity contribution >= 4 is 16.7 Å². The molecule has 0 aliphatic heterocycles. The highest BCUT2D eigenvalue weighted by molar-refractivity contribution is 5.99. The predicted molar refractivity (Wildman–Crippen MR) is 115 cm³/mol. The van der Waals surface area contributed by atoms with Crippen LogP contribution >= 0.6 is 0 Å². The normalized spacial score (nSPS) is 11.4. The Balaban J connectivity index is 2.12. The van der Waals surface area contributed by atoms with Gasteiger partial charge in [0.05, 0.1) is 25.3 Å². The number of hydrogen-bond donors (Lipinski definition) is 0. The second kappa shape index (κ2) is 8.11. The smallest absolute Gasteiger partial charge is 0.166 e. The summed E-state index contributed by atoms with van der Waals surface area (Å²) in [5.41, 5.74) is 2.34. The molecule has 0 atom stereocenters. The lowest BCUT2D eigenvalue weighted by Gasteiger charge is -2.21. The van der Waals surface area contributed by atoms with Crippen LogP contribution in [0.15, 0.2) is 42.6 Å². The third-order valence-electron chi connectivity index (χ3n) is 4.89. The highest BCUT2D eigenvalue weighted by atomic mass is 16.5. The van der Waals surface area contributed by atoms with Crippen molar-refractivity contribution in [3.05, 3.63) is 53.7 Å². The molecule has 0 N–H and O–H groups in total. The van der Waals surface area contributed by atoms with Crippen LogP contribution in [0.3, 0.4) is 0 Å². The first-order valence-electron chi connectivity index (χ1n) is 9.64. The van der Waals surface area contributed by atoms with Gasteiger partial charge in [-0.2, -0.15) is 0 Å². The summed E-state index contributed by atoms with van der Waals surface area (Å²) in [4.78, 5) is 17.0. The number of ketones is 1. The fourth-order valence-corrected chi connectivity index (χ4v) is 3.15. The largest absolute Gasteiger partial charge is 0.493 e. The number of Topliss-reactive ketones (excluding diaryl/α,β-unsaturated/α-hetero) is 1. The molecule has 0 saturated heterocycles. The molecule has 3 aromatic rings. The van der Waals surface area contributed by atoms with Gasteiger partial charge in [-0.25, -0.2) is 0 Å². The molecule has 0 amide bonds. The van der Waals surface area contributed by atoms with Crippen molar-refractivity contribution in [3.8, 4) is 23.0 Å². The zero-order valence-electron chi connectivity index (χ0n) is 17.8. The molecule has 1 heterocycles. The second-order valence-corrected chi connectivity index (χ2v) is 7.87. The molecule has 29 heavy (non-hydrogen) atoms. The zero-order valence-corrected chi connectivity index (χ0v) is 17.8. The van der Waals surface area contributed by atoms with Crippen LogP contribution in [0.5, 0.6) is 23.0 Å². The third-order valence-corrected chi connectivity index (χ3v) is 4.89. The van der Waals surface area contributed by atoms with E-state index in [0.717, 1.165) is 16.5 Å². The van der Waals surface area contributed by atoms with Crippen LogP contribution < -0.4 is 14.2 Å². The number of pyridine rings is 1. The Morgan fingerprint density at radius 1 is 0.931 bits per heavy atom. The van der Waals surface area contributed by atoms with Gasteiger partial charge in [0.1, 0.15) is 11.5 Å². The number of fused-ring (bicyclic) bond motifs is 1. The number of aromatic nitrogens is 1. The molecule has 0 bridgehead atoms. The lowest BCUT2D eigenvalue weighted by molar-refractivity contribution is 0.0986. The minimum Gasteiger partial charge on any atom is -0.493 e. The van der Waals surface area contributed by atoms with Crippen LogP contribution in [0.25, 0.3) is 10.9 Å². The average Bonchev–Trinajstić information content (AvgIpc) is 2.71. The van der Waals surface area contributed by atoms with E-state index in [9.17, 15) is 4.79 Å². The van der Waals surface area contributed by atoms with E-state index < -0.39 is 0 Å². The zero-order chi connectivity index (χ0) is 21.2. The first-order chi connectivity index (χ1) is 13.8. The summed E-state index contributed by atoms with van der Waals surface area (Å²) in [5, 5.41) is 0.778. The molecule has 1 aromatic heterocycles. The van der Waals surface area contributed by atoms with Crippen molar-refractivity contribution in [1.29, 1.82) is 0 Å². The first kappa shape index (κ1) is 20.6. The van der Waals surface area contributed by atoms with Crippen LogP contribution in [-0.2, 0) is 5.41 Å². The second-order valence-electron chi connectivity index (χ2n) is 7.87. The van der Waals surface area contributed by atoms with Crippen molar-refractivity contribution in [3.63, 3.8) is 0 Å². The monoisotopic (exact) mass is 393 g/mol. The molecule has 0 radical (unpaired) electrons. The maximum Gasteiger partial charge on any atom is 0.166 e. The summed E-state index contributed by atoms with van der Waals surface area (Å²) in [7, 11) is 3.17. The molecule has 0 saturated carbocycles. The van der Waals surface area contributed by atoms with E-state index in [2.05, 4.69) is 25.8 Å². The van der Waals surface area contributed by atoms with Crippen LogP contribution in [-0.4, -0.2) is 25.0 Å². The van der Waals surface area contributed by atoms with Crippen molar-refractivity contribution in [2.45, 2.75) is 39.5 Å². The van der Waals surface area contributed by atoms with Crippen LogP contribution in [0.1, 0.15) is 50.0 Å². The molecule has 0 unspecified atom stereocenters. The van der Waals surface area contributed by atoms with Crippen LogP contribution in [0.4, 0.5) is 0 Å². The standard InChI is InChI=1S/C24H27NO4/c1-7-19(26)17-12-15(24(2,3)4)8-9-20(17)29-21-10-11-25-18-14-23(28-6)22(27-5)13-16(18)21/h8-14H,7H2,1-6H3. The lowest BCUT2D eigenvalue weighted by atomic mass is 9.85. The van der Waals surface area contributed by atoms with Gasteiger partial charge in [-0.15, -0.1) is 0 Å². The van der Waals surface area contributed by atoms with Gasteiger partial charge in [-0.1, -0.05) is 33.8 Å². The van der Waals surface area contributed by atoms with E-state index in [1.807, 2.05) is 37.3 Å². The highest BCUT2D eigenvalue weighted by Crippen LogP contribution is 2.38. The lowest BCUT2D eigenvalue weighted by Crippen LogP contribution is -2.13. The molecule has 152 valence electrons. The summed E-state index contributed by atoms with van der Waals surface area (Å²) in [6.07, 6.45) is 2.08. The summed E-state index contributed by atoms with van der Waals surface area (Å²) in [5.74, 6) is 2.37. The minimum absolute atomic E-state index is 0.0451. The molecule has 3 rings (SSSR count). The van der Waals surface area contributed by atoms with Gasteiger partial charge in [0.2, 0.25) is 0 Å². The molecule has 0 aliphatic rings. The number of methoxy groups -OCH3 is 2. The Morgan fingerprint density at radius 3 is 2.24 bits per heavy atom. The van der Waals surface area contributed by atoms with Crippen molar-refractivity contribution in [2.75, 3.05) is 14.2 Å². The first-order valence-corrected chi connectivity index (χ1v) is 9.64. The van der Waals surface area contributed by atoms with Crippen LogP contribution in [0, 0.1) is 0 Å². The molecular formula is C24H27NO4. The fraction of sp³-hybridized carbons (Fsp3) is 0.333. The fourth-order valence-electron chi connectivity index (χ4n) is 3.15. The van der Waals surface area contributed by atoms with E-state index in [0.29, 0.717) is 35.0 Å². The van der Waals surface area contributed by atoms with Gasteiger partial charge in [0, 0.05) is 24.1 Å².